The van der Waals surface area contributed by atoms with Crippen molar-refractivity contribution >= 4 is 21.6 Å². The number of amides is 1. The van der Waals surface area contributed by atoms with Gasteiger partial charge in [0.15, 0.2) is 0 Å². The van der Waals surface area contributed by atoms with Gasteiger partial charge in [-0.15, -0.1) is 0 Å². The van der Waals surface area contributed by atoms with Crippen LogP contribution < -0.4 is 9.62 Å². The van der Waals surface area contributed by atoms with Gasteiger partial charge < -0.3 is 5.32 Å². The zero-order valence-corrected chi connectivity index (χ0v) is 14.1. The van der Waals surface area contributed by atoms with Crippen LogP contribution in [0.15, 0.2) is 18.2 Å². The molecule has 1 atom stereocenters. The number of anilines is 1. The highest BCUT2D eigenvalue weighted by Gasteiger charge is 2.21. The van der Waals surface area contributed by atoms with E-state index in [4.69, 9.17) is 0 Å². The van der Waals surface area contributed by atoms with Crippen molar-refractivity contribution in [1.29, 1.82) is 0 Å². The minimum atomic E-state index is -3.52. The first-order chi connectivity index (χ1) is 9.63. The first kappa shape index (κ1) is 17.5. The van der Waals surface area contributed by atoms with Crippen LogP contribution in [-0.2, 0) is 14.8 Å². The predicted molar refractivity (Wildman–Crippen MR) is 86.0 cm³/mol. The Balaban J connectivity index is 3.05. The highest BCUT2D eigenvalue weighted by molar-refractivity contribution is 7.92. The van der Waals surface area contributed by atoms with Gasteiger partial charge in [-0.05, 0) is 50.5 Å². The average molecular weight is 312 g/mol. The number of aryl methyl sites for hydroxylation is 2. The molecule has 0 aliphatic heterocycles. The number of hydrogen-bond acceptors (Lipinski definition) is 3. The second-order valence-corrected chi connectivity index (χ2v) is 7.40. The molecular formula is C15H24N2O3S. The number of carbonyl (C=O) groups excluding carboxylic acids is 1. The van der Waals surface area contributed by atoms with E-state index in [1.807, 2.05) is 33.8 Å². The average Bonchev–Trinajstić information content (AvgIpc) is 2.33. The highest BCUT2D eigenvalue weighted by atomic mass is 32.2. The molecule has 1 aromatic rings. The van der Waals surface area contributed by atoms with Crippen molar-refractivity contribution in [2.45, 2.75) is 40.2 Å². The Bertz CT molecular complexity index is 591. The van der Waals surface area contributed by atoms with Crippen LogP contribution in [0.2, 0.25) is 0 Å². The summed E-state index contributed by atoms with van der Waals surface area (Å²) in [6.07, 6.45) is 1.91. The molecule has 0 fully saturated rings. The Labute approximate surface area is 127 Å². The Kier molecular flexibility index (Phi) is 5.78. The zero-order valence-electron chi connectivity index (χ0n) is 13.3. The Morgan fingerprint density at radius 2 is 1.76 bits per heavy atom. The van der Waals surface area contributed by atoms with Crippen LogP contribution in [0.3, 0.4) is 0 Å². The lowest BCUT2D eigenvalue weighted by Gasteiger charge is -2.23. The standard InChI is InChI=1S/C15H24N2O3S/c1-6-13(4)16-15(18)10-17(21(5,19)20)14-8-11(2)7-12(3)9-14/h7-9,13H,6,10H2,1-5H3,(H,16,18). The summed E-state index contributed by atoms with van der Waals surface area (Å²) in [6, 6.07) is 5.52. The van der Waals surface area contributed by atoms with E-state index in [1.165, 1.54) is 0 Å². The summed E-state index contributed by atoms with van der Waals surface area (Å²) in [4.78, 5) is 12.0. The Hall–Kier alpha value is -1.56. The van der Waals surface area contributed by atoms with E-state index in [1.54, 1.807) is 12.1 Å². The predicted octanol–water partition coefficient (Wildman–Crippen LogP) is 1.98. The molecule has 0 saturated carbocycles. The summed E-state index contributed by atoms with van der Waals surface area (Å²) in [5.74, 6) is -0.297. The van der Waals surface area contributed by atoms with Crippen LogP contribution in [0.5, 0.6) is 0 Å². The molecule has 118 valence electrons. The quantitative estimate of drug-likeness (QED) is 0.873. The van der Waals surface area contributed by atoms with Gasteiger partial charge in [0, 0.05) is 6.04 Å². The molecule has 1 rings (SSSR count). The number of hydrogen-bond donors (Lipinski definition) is 1. The third-order valence-electron chi connectivity index (χ3n) is 3.20. The van der Waals surface area contributed by atoms with Gasteiger partial charge in [0.1, 0.15) is 6.54 Å². The number of carbonyl (C=O) groups is 1. The maximum Gasteiger partial charge on any atom is 0.240 e. The third kappa shape index (κ3) is 5.38. The van der Waals surface area contributed by atoms with Crippen molar-refractivity contribution in [2.24, 2.45) is 0 Å². The molecule has 0 aromatic heterocycles. The molecular weight excluding hydrogens is 288 g/mol. The summed E-state index contributed by atoms with van der Waals surface area (Å²) < 4.78 is 25.1. The lowest BCUT2D eigenvalue weighted by atomic mass is 10.1. The molecule has 0 aliphatic rings. The molecule has 0 radical (unpaired) electrons. The second kappa shape index (κ2) is 6.93. The molecule has 1 aromatic carbocycles. The lowest BCUT2D eigenvalue weighted by molar-refractivity contribution is -0.120. The lowest BCUT2D eigenvalue weighted by Crippen LogP contribution is -2.43. The number of rotatable bonds is 6. The number of nitrogens with one attached hydrogen (secondary N) is 1. The summed E-state index contributed by atoms with van der Waals surface area (Å²) >= 11 is 0. The molecule has 0 spiro atoms. The Morgan fingerprint density at radius 3 is 2.19 bits per heavy atom. The maximum absolute atomic E-state index is 12.0. The van der Waals surface area contributed by atoms with Crippen LogP contribution >= 0.6 is 0 Å². The highest BCUT2D eigenvalue weighted by Crippen LogP contribution is 2.21. The van der Waals surface area contributed by atoms with Gasteiger partial charge in [-0.2, -0.15) is 0 Å². The van der Waals surface area contributed by atoms with E-state index in [9.17, 15) is 13.2 Å². The van der Waals surface area contributed by atoms with Gasteiger partial charge in [-0.1, -0.05) is 13.0 Å². The van der Waals surface area contributed by atoms with E-state index in [0.29, 0.717) is 5.69 Å². The van der Waals surface area contributed by atoms with Gasteiger partial charge in [-0.3, -0.25) is 9.10 Å². The summed E-state index contributed by atoms with van der Waals surface area (Å²) in [5, 5.41) is 2.79. The second-order valence-electron chi connectivity index (χ2n) is 5.49. The van der Waals surface area contributed by atoms with Crippen molar-refractivity contribution in [3.63, 3.8) is 0 Å². The number of nitrogens with zero attached hydrogens (tertiary/aromatic N) is 1. The van der Waals surface area contributed by atoms with Crippen molar-refractivity contribution < 1.29 is 13.2 Å². The van der Waals surface area contributed by atoms with E-state index in [-0.39, 0.29) is 18.5 Å². The van der Waals surface area contributed by atoms with Gasteiger partial charge in [0.2, 0.25) is 15.9 Å². The van der Waals surface area contributed by atoms with E-state index < -0.39 is 10.0 Å². The molecule has 0 heterocycles. The van der Waals surface area contributed by atoms with Crippen molar-refractivity contribution in [1.82, 2.24) is 5.32 Å². The minimum Gasteiger partial charge on any atom is -0.352 e. The third-order valence-corrected chi connectivity index (χ3v) is 4.34. The van der Waals surface area contributed by atoms with Gasteiger partial charge in [0.25, 0.3) is 0 Å². The van der Waals surface area contributed by atoms with Gasteiger partial charge in [-0.25, -0.2) is 8.42 Å². The van der Waals surface area contributed by atoms with E-state index in [0.717, 1.165) is 28.1 Å². The number of sulfonamides is 1. The summed E-state index contributed by atoms with van der Waals surface area (Å²) in [5.41, 5.74) is 2.44. The van der Waals surface area contributed by atoms with Gasteiger partial charge in [0.05, 0.1) is 11.9 Å². The minimum absolute atomic E-state index is 0.0261. The SMILES string of the molecule is CCC(C)NC(=O)CN(c1cc(C)cc(C)c1)S(C)(=O)=O. The van der Waals surface area contributed by atoms with Crippen molar-refractivity contribution in [3.8, 4) is 0 Å². The maximum atomic E-state index is 12.0. The molecule has 0 bridgehead atoms. The Morgan fingerprint density at radius 1 is 1.24 bits per heavy atom. The largest absolute Gasteiger partial charge is 0.352 e. The topological polar surface area (TPSA) is 66.5 Å². The fraction of sp³-hybridized carbons (Fsp3) is 0.533. The van der Waals surface area contributed by atoms with Gasteiger partial charge >= 0.3 is 0 Å². The monoisotopic (exact) mass is 312 g/mol. The molecule has 0 saturated heterocycles. The molecule has 1 amide bonds. The smallest absolute Gasteiger partial charge is 0.240 e. The molecule has 5 nitrogen and oxygen atoms in total. The summed E-state index contributed by atoms with van der Waals surface area (Å²) in [6.45, 7) is 7.45. The molecule has 0 aliphatic carbocycles. The molecule has 21 heavy (non-hydrogen) atoms. The molecule has 1 N–H and O–H groups in total. The van der Waals surface area contributed by atoms with Crippen LogP contribution in [0.1, 0.15) is 31.4 Å². The molecule has 1 unspecified atom stereocenters. The normalized spacial score (nSPS) is 12.8. The fourth-order valence-electron chi connectivity index (χ4n) is 2.05. The summed E-state index contributed by atoms with van der Waals surface area (Å²) in [7, 11) is -3.52. The fourth-order valence-corrected chi connectivity index (χ4v) is 2.89. The van der Waals surface area contributed by atoms with Crippen molar-refractivity contribution in [3.05, 3.63) is 29.3 Å². The van der Waals surface area contributed by atoms with E-state index >= 15 is 0 Å². The van der Waals surface area contributed by atoms with Crippen LogP contribution in [0.4, 0.5) is 5.69 Å². The zero-order chi connectivity index (χ0) is 16.2. The molecule has 6 heteroatoms. The van der Waals surface area contributed by atoms with E-state index in [2.05, 4.69) is 5.32 Å². The first-order valence-corrected chi connectivity index (χ1v) is 8.83. The van der Waals surface area contributed by atoms with Crippen LogP contribution in [0, 0.1) is 13.8 Å². The van der Waals surface area contributed by atoms with Crippen LogP contribution in [0.25, 0.3) is 0 Å². The number of benzene rings is 1. The van der Waals surface area contributed by atoms with Crippen LogP contribution in [-0.4, -0.2) is 33.2 Å². The first-order valence-electron chi connectivity index (χ1n) is 6.99. The van der Waals surface area contributed by atoms with Crippen molar-refractivity contribution in [2.75, 3.05) is 17.1 Å².